The minimum atomic E-state index is -0.420. The van der Waals surface area contributed by atoms with Crippen molar-refractivity contribution in [3.8, 4) is 16.8 Å². The predicted octanol–water partition coefficient (Wildman–Crippen LogP) is 5.95. The van der Waals surface area contributed by atoms with E-state index in [1.807, 2.05) is 0 Å². The van der Waals surface area contributed by atoms with Gasteiger partial charge in [0.25, 0.3) is 5.56 Å². The number of halogens is 3. The van der Waals surface area contributed by atoms with Gasteiger partial charge in [0.15, 0.2) is 5.65 Å². The number of fused-ring (bicyclic) bond motifs is 2. The Kier molecular flexibility index (Phi) is 6.35. The standard InChI is InChI=1S/C31H23ClF2N6O2/c32-26-4-2-1-3-22(26)23-13-17-14-35-30(38-28(17)40(29(23)41)21-11-7-19(34)8-12-21)37-27-24-15-39(16-25(24)27)31(42)36-20-9-5-18(33)6-10-20/h1-14,24-25,27H,15-16H2,(H,36,42)(H,35,37,38). The summed E-state index contributed by atoms with van der Waals surface area (Å²) in [5, 5.41) is 7.21. The third-order valence-corrected chi connectivity index (χ3v) is 8.19. The summed E-state index contributed by atoms with van der Waals surface area (Å²) in [7, 11) is 0. The van der Waals surface area contributed by atoms with Crippen LogP contribution in [0.5, 0.6) is 0 Å². The smallest absolute Gasteiger partial charge is 0.321 e. The summed E-state index contributed by atoms with van der Waals surface area (Å²) < 4.78 is 28.4. The van der Waals surface area contributed by atoms with Crippen molar-refractivity contribution in [2.75, 3.05) is 23.7 Å². The maximum Gasteiger partial charge on any atom is 0.321 e. The minimum absolute atomic E-state index is 0.0747. The van der Waals surface area contributed by atoms with E-state index in [2.05, 4.69) is 15.6 Å². The van der Waals surface area contributed by atoms with E-state index in [0.29, 0.717) is 57.6 Å². The van der Waals surface area contributed by atoms with Crippen LogP contribution < -0.4 is 16.2 Å². The van der Waals surface area contributed by atoms with E-state index in [4.69, 9.17) is 16.6 Å². The summed E-state index contributed by atoms with van der Waals surface area (Å²) in [4.78, 5) is 37.5. The van der Waals surface area contributed by atoms with Crippen molar-refractivity contribution in [2.24, 2.45) is 11.8 Å². The summed E-state index contributed by atoms with van der Waals surface area (Å²) in [5.74, 6) is 0.0206. The molecule has 8 nitrogen and oxygen atoms in total. The molecule has 0 radical (unpaired) electrons. The Hall–Kier alpha value is -4.83. The molecule has 2 atom stereocenters. The van der Waals surface area contributed by atoms with Crippen molar-refractivity contribution in [2.45, 2.75) is 6.04 Å². The van der Waals surface area contributed by atoms with Gasteiger partial charge in [-0.25, -0.2) is 18.6 Å². The van der Waals surface area contributed by atoms with Gasteiger partial charge >= 0.3 is 6.03 Å². The molecule has 3 aromatic carbocycles. The number of rotatable bonds is 5. The van der Waals surface area contributed by atoms with Crippen molar-refractivity contribution in [1.82, 2.24) is 19.4 Å². The molecule has 42 heavy (non-hydrogen) atoms. The molecule has 2 N–H and O–H groups in total. The average molecular weight is 585 g/mol. The number of carbonyl (C=O) groups excluding carboxylic acids is 1. The van der Waals surface area contributed by atoms with Gasteiger partial charge < -0.3 is 15.5 Å². The lowest BCUT2D eigenvalue weighted by Gasteiger charge is -2.21. The van der Waals surface area contributed by atoms with Gasteiger partial charge in [0.05, 0.1) is 5.69 Å². The minimum Gasteiger partial charge on any atom is -0.351 e. The van der Waals surface area contributed by atoms with Crippen LogP contribution in [0.2, 0.25) is 5.02 Å². The number of urea groups is 1. The molecule has 0 spiro atoms. The van der Waals surface area contributed by atoms with Crippen LogP contribution in [0.1, 0.15) is 0 Å². The molecule has 0 bridgehead atoms. The molecule has 210 valence electrons. The zero-order valence-electron chi connectivity index (χ0n) is 22.0. The van der Waals surface area contributed by atoms with Gasteiger partial charge in [-0.15, -0.1) is 0 Å². The van der Waals surface area contributed by atoms with Crippen LogP contribution in [0, 0.1) is 23.5 Å². The fraction of sp³-hybridized carbons (Fsp3) is 0.161. The van der Waals surface area contributed by atoms with Crippen LogP contribution in [0.3, 0.4) is 0 Å². The highest BCUT2D eigenvalue weighted by Gasteiger charge is 2.57. The summed E-state index contributed by atoms with van der Waals surface area (Å²) >= 11 is 6.43. The van der Waals surface area contributed by atoms with E-state index in [1.54, 1.807) is 41.4 Å². The number of pyridine rings is 1. The first-order valence-corrected chi connectivity index (χ1v) is 13.8. The second-order valence-electron chi connectivity index (χ2n) is 10.5. The molecule has 3 heterocycles. The third-order valence-electron chi connectivity index (χ3n) is 7.86. The number of benzene rings is 3. The quantitative estimate of drug-likeness (QED) is 0.266. The van der Waals surface area contributed by atoms with Crippen LogP contribution >= 0.6 is 11.6 Å². The van der Waals surface area contributed by atoms with Crippen molar-refractivity contribution in [1.29, 1.82) is 0 Å². The van der Waals surface area contributed by atoms with E-state index >= 15 is 0 Å². The number of nitrogens with one attached hydrogen (secondary N) is 2. The van der Waals surface area contributed by atoms with Gasteiger partial charge in [-0.1, -0.05) is 29.8 Å². The summed E-state index contributed by atoms with van der Waals surface area (Å²) in [6.07, 6.45) is 1.64. The number of hydrogen-bond donors (Lipinski definition) is 2. The molecule has 2 aromatic heterocycles. The zero-order chi connectivity index (χ0) is 29.0. The Bertz CT molecular complexity index is 1890. The number of amides is 2. The molecule has 1 saturated carbocycles. The maximum absolute atomic E-state index is 13.8. The van der Waals surface area contributed by atoms with E-state index in [9.17, 15) is 18.4 Å². The number of carbonyl (C=O) groups is 1. The van der Waals surface area contributed by atoms with E-state index in [0.717, 1.165) is 0 Å². The van der Waals surface area contributed by atoms with Crippen molar-refractivity contribution >= 4 is 40.3 Å². The lowest BCUT2D eigenvalue weighted by atomic mass is 10.1. The normalized spacial score (nSPS) is 19.0. The van der Waals surface area contributed by atoms with Gasteiger partial charge in [-0.05, 0) is 60.7 Å². The first-order valence-electron chi connectivity index (χ1n) is 13.4. The van der Waals surface area contributed by atoms with Gasteiger partial charge in [-0.2, -0.15) is 4.98 Å². The Balaban J connectivity index is 1.15. The van der Waals surface area contributed by atoms with E-state index in [1.165, 1.54) is 53.1 Å². The number of nitrogens with zero attached hydrogens (tertiary/aromatic N) is 4. The van der Waals surface area contributed by atoms with Crippen LogP contribution in [0.25, 0.3) is 27.8 Å². The maximum atomic E-state index is 13.8. The molecular formula is C31H23ClF2N6O2. The molecule has 7 rings (SSSR count). The third kappa shape index (κ3) is 4.73. The fourth-order valence-electron chi connectivity index (χ4n) is 5.66. The van der Waals surface area contributed by atoms with Crippen LogP contribution in [-0.2, 0) is 0 Å². The Morgan fingerprint density at radius 3 is 2.26 bits per heavy atom. The topological polar surface area (TPSA) is 92.2 Å². The number of hydrogen-bond acceptors (Lipinski definition) is 5. The summed E-state index contributed by atoms with van der Waals surface area (Å²) in [5.41, 5.74) is 1.95. The van der Waals surface area contributed by atoms with Crippen molar-refractivity contribution in [3.05, 3.63) is 112 Å². The first kappa shape index (κ1) is 26.1. The van der Waals surface area contributed by atoms with Crippen LogP contribution in [0.4, 0.5) is 25.2 Å². The second-order valence-corrected chi connectivity index (χ2v) is 10.9. The fourth-order valence-corrected chi connectivity index (χ4v) is 5.90. The number of likely N-dealkylation sites (tertiary alicyclic amines) is 1. The second kappa shape index (κ2) is 10.2. The lowest BCUT2D eigenvalue weighted by Crippen LogP contribution is -2.36. The molecule has 1 saturated heterocycles. The first-order chi connectivity index (χ1) is 20.4. The van der Waals surface area contributed by atoms with Crippen LogP contribution in [-0.4, -0.2) is 44.6 Å². The Morgan fingerprint density at radius 2 is 1.57 bits per heavy atom. The highest BCUT2D eigenvalue weighted by molar-refractivity contribution is 6.33. The molecule has 1 aliphatic carbocycles. The van der Waals surface area contributed by atoms with Gasteiger partial charge in [0.2, 0.25) is 5.95 Å². The molecule has 11 heteroatoms. The van der Waals surface area contributed by atoms with Crippen molar-refractivity contribution in [3.63, 3.8) is 0 Å². The predicted molar refractivity (Wildman–Crippen MR) is 157 cm³/mol. The highest BCUT2D eigenvalue weighted by Crippen LogP contribution is 2.47. The van der Waals surface area contributed by atoms with Crippen molar-refractivity contribution < 1.29 is 13.6 Å². The van der Waals surface area contributed by atoms with Crippen LogP contribution in [0.15, 0.2) is 89.9 Å². The molecule has 5 aromatic rings. The molecule has 1 aliphatic heterocycles. The summed E-state index contributed by atoms with van der Waals surface area (Å²) in [6.45, 7) is 1.12. The average Bonchev–Trinajstić information content (AvgIpc) is 3.40. The number of aromatic nitrogens is 3. The zero-order valence-corrected chi connectivity index (χ0v) is 22.7. The Labute approximate surface area is 243 Å². The lowest BCUT2D eigenvalue weighted by molar-refractivity contribution is 0.217. The van der Waals surface area contributed by atoms with E-state index in [-0.39, 0.29) is 35.3 Å². The number of piperidine rings is 1. The van der Waals surface area contributed by atoms with Gasteiger partial charge in [0, 0.05) is 64.4 Å². The largest absolute Gasteiger partial charge is 0.351 e. The molecule has 2 unspecified atom stereocenters. The monoisotopic (exact) mass is 584 g/mol. The van der Waals surface area contributed by atoms with E-state index < -0.39 is 5.82 Å². The van der Waals surface area contributed by atoms with Gasteiger partial charge in [0.1, 0.15) is 11.6 Å². The molecule has 2 aliphatic rings. The molecule has 2 amide bonds. The highest BCUT2D eigenvalue weighted by atomic mass is 35.5. The van der Waals surface area contributed by atoms with Gasteiger partial charge in [-0.3, -0.25) is 9.36 Å². The SMILES string of the molecule is O=C(Nc1ccc(F)cc1)N1CC2C(C1)C2Nc1ncc2cc(-c3ccccc3Cl)c(=O)n(-c3ccc(F)cc3)c2n1. The Morgan fingerprint density at radius 1 is 0.905 bits per heavy atom. The molecular weight excluding hydrogens is 562 g/mol. The number of anilines is 2. The summed E-state index contributed by atoms with van der Waals surface area (Å²) in [6, 6.07) is 19.9. The molecule has 2 fully saturated rings.